The molecule has 0 saturated carbocycles. The second-order valence-corrected chi connectivity index (χ2v) is 10.1. The van der Waals surface area contributed by atoms with E-state index in [0.717, 1.165) is 0 Å². The normalized spacial score (nSPS) is 12.2. The highest BCUT2D eigenvalue weighted by Gasteiger charge is 2.06. The molecular formula is C11H16SSi. The summed E-state index contributed by atoms with van der Waals surface area (Å²) < 4.78 is 0. The Bertz CT molecular complexity index is 272. The molecule has 0 fully saturated rings. The molecule has 0 amide bonds. The summed E-state index contributed by atoms with van der Waals surface area (Å²) in [6.45, 7) is 7.03. The van der Waals surface area contributed by atoms with E-state index in [9.17, 15) is 0 Å². The van der Waals surface area contributed by atoms with Crippen molar-refractivity contribution in [3.05, 3.63) is 41.4 Å². The third-order valence-corrected chi connectivity index (χ3v) is 3.74. The lowest BCUT2D eigenvalue weighted by molar-refractivity contribution is 1.47. The molecule has 0 spiro atoms. The molecule has 1 aromatic rings. The minimum absolute atomic E-state index is 1.01. The largest absolute Gasteiger partial charge is 0.0988 e. The van der Waals surface area contributed by atoms with Gasteiger partial charge in [-0.2, -0.15) is 0 Å². The minimum Gasteiger partial charge on any atom is -0.0988 e. The summed E-state index contributed by atoms with van der Waals surface area (Å²) in [6.07, 6.45) is 0. The van der Waals surface area contributed by atoms with Crippen molar-refractivity contribution < 1.29 is 0 Å². The van der Waals surface area contributed by atoms with Crippen molar-refractivity contribution in [2.45, 2.75) is 24.5 Å². The van der Waals surface area contributed by atoms with Gasteiger partial charge >= 0.3 is 0 Å². The lowest BCUT2D eigenvalue weighted by Gasteiger charge is -2.07. The first kappa shape index (κ1) is 10.6. The van der Waals surface area contributed by atoms with Crippen LogP contribution in [0.5, 0.6) is 0 Å². The van der Waals surface area contributed by atoms with Gasteiger partial charge in [0.05, 0.1) is 8.07 Å². The summed E-state index contributed by atoms with van der Waals surface area (Å²) in [5.41, 5.74) is 2.37. The van der Waals surface area contributed by atoms with Crippen LogP contribution >= 0.6 is 11.8 Å². The van der Waals surface area contributed by atoms with E-state index >= 15 is 0 Å². The first-order valence-electron chi connectivity index (χ1n) is 4.47. The maximum Gasteiger partial charge on any atom is 0.0693 e. The summed E-state index contributed by atoms with van der Waals surface area (Å²) >= 11 is 1.80. The molecule has 0 saturated heterocycles. The van der Waals surface area contributed by atoms with Crippen LogP contribution < -0.4 is 0 Å². The van der Waals surface area contributed by atoms with Crippen LogP contribution in [0, 0.1) is 0 Å². The van der Waals surface area contributed by atoms with E-state index in [0.29, 0.717) is 0 Å². The van der Waals surface area contributed by atoms with E-state index in [1.165, 1.54) is 4.90 Å². The van der Waals surface area contributed by atoms with Crippen LogP contribution in [0.3, 0.4) is 0 Å². The van der Waals surface area contributed by atoms with E-state index in [2.05, 4.69) is 55.0 Å². The predicted molar refractivity (Wildman–Crippen MR) is 64.8 cm³/mol. The standard InChI is InChI=1S/C11H16SSi/c1-13(2,3)10-9-12-11-7-5-4-6-8-11/h4-10H,1-3H3. The number of hydrogen-bond donors (Lipinski definition) is 0. The van der Waals surface area contributed by atoms with Gasteiger partial charge in [0.25, 0.3) is 0 Å². The molecule has 0 aliphatic heterocycles. The predicted octanol–water partition coefficient (Wildman–Crippen LogP) is 4.17. The second-order valence-electron chi connectivity index (χ2n) is 4.10. The number of rotatable bonds is 3. The van der Waals surface area contributed by atoms with Gasteiger partial charge in [0, 0.05) is 4.90 Å². The van der Waals surface area contributed by atoms with Crippen molar-refractivity contribution >= 4 is 19.8 Å². The lowest BCUT2D eigenvalue weighted by Crippen LogP contribution is -2.14. The maximum absolute atomic E-state index is 2.37. The summed E-state index contributed by atoms with van der Waals surface area (Å²) in [5.74, 6) is 0. The molecule has 1 rings (SSSR count). The van der Waals surface area contributed by atoms with Crippen LogP contribution in [0.4, 0.5) is 0 Å². The first-order valence-corrected chi connectivity index (χ1v) is 8.93. The zero-order valence-corrected chi connectivity index (χ0v) is 10.3. The molecule has 0 heterocycles. The molecule has 0 unspecified atom stereocenters. The van der Waals surface area contributed by atoms with E-state index in [-0.39, 0.29) is 0 Å². The van der Waals surface area contributed by atoms with Crippen molar-refractivity contribution in [1.29, 1.82) is 0 Å². The Morgan fingerprint density at radius 3 is 2.23 bits per heavy atom. The number of hydrogen-bond acceptors (Lipinski definition) is 1. The first-order chi connectivity index (χ1) is 6.08. The molecule has 1 aromatic carbocycles. The molecule has 2 heteroatoms. The molecule has 13 heavy (non-hydrogen) atoms. The Balaban J connectivity index is 2.49. The lowest BCUT2D eigenvalue weighted by atomic mass is 10.4. The van der Waals surface area contributed by atoms with Gasteiger partial charge < -0.3 is 0 Å². The SMILES string of the molecule is C[Si](C)(C)C=CSc1ccccc1. The fraction of sp³-hybridized carbons (Fsp3) is 0.273. The zero-order valence-electron chi connectivity index (χ0n) is 8.45. The van der Waals surface area contributed by atoms with Crippen molar-refractivity contribution in [2.24, 2.45) is 0 Å². The molecule has 0 nitrogen and oxygen atoms in total. The third-order valence-electron chi connectivity index (χ3n) is 1.52. The summed E-state index contributed by atoms with van der Waals surface area (Å²) in [4.78, 5) is 1.32. The van der Waals surface area contributed by atoms with Gasteiger partial charge in [0.2, 0.25) is 0 Å². The van der Waals surface area contributed by atoms with Gasteiger partial charge in [0.15, 0.2) is 0 Å². The number of thioether (sulfide) groups is 1. The topological polar surface area (TPSA) is 0 Å². The quantitative estimate of drug-likeness (QED) is 0.531. The van der Waals surface area contributed by atoms with Gasteiger partial charge in [-0.25, -0.2) is 0 Å². The molecule has 0 radical (unpaired) electrons. The highest BCUT2D eigenvalue weighted by Crippen LogP contribution is 2.19. The van der Waals surface area contributed by atoms with Crippen LogP contribution in [-0.2, 0) is 0 Å². The third kappa shape index (κ3) is 4.96. The van der Waals surface area contributed by atoms with Crippen molar-refractivity contribution in [3.63, 3.8) is 0 Å². The van der Waals surface area contributed by atoms with E-state index < -0.39 is 8.07 Å². The molecule has 0 aliphatic rings. The van der Waals surface area contributed by atoms with Crippen LogP contribution in [-0.4, -0.2) is 8.07 Å². The fourth-order valence-electron chi connectivity index (χ4n) is 0.816. The van der Waals surface area contributed by atoms with Crippen molar-refractivity contribution in [1.82, 2.24) is 0 Å². The van der Waals surface area contributed by atoms with Gasteiger partial charge in [-0.3, -0.25) is 0 Å². The van der Waals surface area contributed by atoms with Gasteiger partial charge in [-0.05, 0) is 17.5 Å². The zero-order chi connectivity index (χ0) is 9.73. The fourth-order valence-corrected chi connectivity index (χ4v) is 3.19. The second kappa shape index (κ2) is 4.68. The van der Waals surface area contributed by atoms with E-state index in [1.807, 2.05) is 6.07 Å². The van der Waals surface area contributed by atoms with Crippen LogP contribution in [0.25, 0.3) is 0 Å². The average molecular weight is 208 g/mol. The van der Waals surface area contributed by atoms with Gasteiger partial charge in [-0.1, -0.05) is 55.3 Å². The number of benzene rings is 1. The molecule has 0 N–H and O–H groups in total. The molecular weight excluding hydrogens is 192 g/mol. The molecule has 0 aromatic heterocycles. The Kier molecular flexibility index (Phi) is 3.82. The summed E-state index contributed by atoms with van der Waals surface area (Å²) in [6, 6.07) is 10.5. The van der Waals surface area contributed by atoms with Crippen LogP contribution in [0.2, 0.25) is 19.6 Å². The summed E-state index contributed by atoms with van der Waals surface area (Å²) in [5, 5.41) is 2.22. The van der Waals surface area contributed by atoms with Crippen LogP contribution in [0.15, 0.2) is 46.3 Å². The minimum atomic E-state index is -1.01. The Labute approximate surface area is 86.1 Å². The summed E-state index contributed by atoms with van der Waals surface area (Å²) in [7, 11) is -1.01. The monoisotopic (exact) mass is 208 g/mol. The van der Waals surface area contributed by atoms with E-state index in [4.69, 9.17) is 0 Å². The molecule has 0 aliphatic carbocycles. The highest BCUT2D eigenvalue weighted by molar-refractivity contribution is 8.02. The maximum atomic E-state index is 2.37. The van der Waals surface area contributed by atoms with Crippen molar-refractivity contribution in [3.8, 4) is 0 Å². The molecule has 0 bridgehead atoms. The Hall–Kier alpha value is -0.473. The van der Waals surface area contributed by atoms with Gasteiger partial charge in [0.1, 0.15) is 0 Å². The highest BCUT2D eigenvalue weighted by atomic mass is 32.2. The van der Waals surface area contributed by atoms with Gasteiger partial charge in [-0.15, -0.1) is 0 Å². The average Bonchev–Trinajstić information content (AvgIpc) is 2.04. The van der Waals surface area contributed by atoms with Crippen LogP contribution in [0.1, 0.15) is 0 Å². The van der Waals surface area contributed by atoms with Crippen molar-refractivity contribution in [2.75, 3.05) is 0 Å². The molecule has 0 atom stereocenters. The smallest absolute Gasteiger partial charge is 0.0693 e. The molecule has 70 valence electrons. The Morgan fingerprint density at radius 1 is 1.08 bits per heavy atom. The Morgan fingerprint density at radius 2 is 1.69 bits per heavy atom. The van der Waals surface area contributed by atoms with E-state index in [1.54, 1.807) is 11.8 Å².